The highest BCUT2D eigenvalue weighted by Crippen LogP contribution is 2.33. The van der Waals surface area contributed by atoms with Crippen molar-refractivity contribution in [2.75, 3.05) is 18.0 Å². The minimum atomic E-state index is -0.471. The maximum Gasteiger partial charge on any atom is 0.407 e. The minimum absolute atomic E-state index is 0.261. The molecule has 3 rings (SSSR count). The van der Waals surface area contributed by atoms with Gasteiger partial charge < -0.3 is 15.0 Å². The number of fused-ring (bicyclic) bond motifs is 1. The number of anilines is 1. The highest BCUT2D eigenvalue weighted by atomic mass is 32.1. The number of hydrogen-bond donors (Lipinski definition) is 1. The molecular formula is C18H25N3O2S. The maximum atomic E-state index is 11.9. The van der Waals surface area contributed by atoms with Crippen LogP contribution in [0.4, 0.5) is 10.6 Å². The first kappa shape index (κ1) is 17.0. The van der Waals surface area contributed by atoms with Crippen molar-refractivity contribution in [3.63, 3.8) is 0 Å². The average molecular weight is 347 g/mol. The molecule has 0 spiro atoms. The van der Waals surface area contributed by atoms with Crippen LogP contribution in [0.25, 0.3) is 10.1 Å². The van der Waals surface area contributed by atoms with Gasteiger partial charge in [0.15, 0.2) is 0 Å². The van der Waals surface area contributed by atoms with Crippen LogP contribution in [-0.4, -0.2) is 35.2 Å². The second-order valence-electron chi connectivity index (χ2n) is 7.23. The summed E-state index contributed by atoms with van der Waals surface area (Å²) in [6, 6.07) is 8.59. The molecule has 0 aliphatic carbocycles. The lowest BCUT2D eigenvalue weighted by molar-refractivity contribution is 0.0523. The van der Waals surface area contributed by atoms with Crippen molar-refractivity contribution in [2.45, 2.75) is 51.7 Å². The zero-order valence-corrected chi connectivity index (χ0v) is 15.4. The van der Waals surface area contributed by atoms with Gasteiger partial charge in [0.25, 0.3) is 0 Å². The number of carbonyl (C=O) groups is 1. The molecule has 1 fully saturated rings. The van der Waals surface area contributed by atoms with Crippen molar-refractivity contribution in [3.8, 4) is 0 Å². The number of ether oxygens (including phenoxy) is 1. The molecule has 0 saturated carbocycles. The first-order valence-corrected chi connectivity index (χ1v) is 9.29. The van der Waals surface area contributed by atoms with Crippen molar-refractivity contribution in [2.24, 2.45) is 0 Å². The summed E-state index contributed by atoms with van der Waals surface area (Å²) in [6.45, 7) is 7.19. The SMILES string of the molecule is CC(C)(C)OC(=O)NCC1CCCCN1c1nsc2ccccc12. The van der Waals surface area contributed by atoms with Crippen LogP contribution in [0.5, 0.6) is 0 Å². The van der Waals surface area contributed by atoms with Gasteiger partial charge in [-0.15, -0.1) is 0 Å². The zero-order chi connectivity index (χ0) is 17.2. The summed E-state index contributed by atoms with van der Waals surface area (Å²) in [4.78, 5) is 14.3. The zero-order valence-electron chi connectivity index (χ0n) is 14.5. The van der Waals surface area contributed by atoms with Gasteiger partial charge in [-0.3, -0.25) is 0 Å². The molecule has 0 radical (unpaired) electrons. The van der Waals surface area contributed by atoms with Crippen LogP contribution in [0.15, 0.2) is 24.3 Å². The molecule has 1 aliphatic rings. The smallest absolute Gasteiger partial charge is 0.407 e. The fraction of sp³-hybridized carbons (Fsp3) is 0.556. The van der Waals surface area contributed by atoms with E-state index in [4.69, 9.17) is 4.74 Å². The van der Waals surface area contributed by atoms with Crippen LogP contribution in [0.1, 0.15) is 40.0 Å². The van der Waals surface area contributed by atoms with Crippen molar-refractivity contribution in [3.05, 3.63) is 24.3 Å². The Bertz CT molecular complexity index is 708. The average Bonchev–Trinajstić information content (AvgIpc) is 2.95. The predicted octanol–water partition coefficient (Wildman–Crippen LogP) is 4.18. The number of rotatable bonds is 3. The molecule has 24 heavy (non-hydrogen) atoms. The summed E-state index contributed by atoms with van der Waals surface area (Å²) in [5, 5.41) is 4.12. The standard InChI is InChI=1S/C18H25N3O2S/c1-18(2,3)23-17(22)19-12-13-8-6-7-11-21(13)16-14-9-4-5-10-15(14)24-20-16/h4-5,9-10,13H,6-8,11-12H2,1-3H3,(H,19,22). The predicted molar refractivity (Wildman–Crippen MR) is 98.8 cm³/mol. The maximum absolute atomic E-state index is 11.9. The molecule has 1 saturated heterocycles. The second kappa shape index (κ2) is 6.97. The van der Waals surface area contributed by atoms with Crippen molar-refractivity contribution >= 4 is 33.5 Å². The van der Waals surface area contributed by atoms with Gasteiger partial charge >= 0.3 is 6.09 Å². The number of alkyl carbamates (subject to hydrolysis) is 1. The monoisotopic (exact) mass is 347 g/mol. The van der Waals surface area contributed by atoms with Crippen molar-refractivity contribution < 1.29 is 9.53 Å². The van der Waals surface area contributed by atoms with Gasteiger partial charge in [-0.2, -0.15) is 4.37 Å². The molecule has 5 nitrogen and oxygen atoms in total. The van der Waals surface area contributed by atoms with Gasteiger partial charge in [-0.05, 0) is 63.7 Å². The number of aromatic nitrogens is 1. The Morgan fingerprint density at radius 1 is 1.38 bits per heavy atom. The van der Waals surface area contributed by atoms with Crippen LogP contribution in [-0.2, 0) is 4.74 Å². The van der Waals surface area contributed by atoms with Crippen LogP contribution >= 0.6 is 11.5 Å². The second-order valence-corrected chi connectivity index (χ2v) is 8.03. The fourth-order valence-corrected chi connectivity index (χ4v) is 3.87. The van der Waals surface area contributed by atoms with Crippen LogP contribution in [0, 0.1) is 0 Å². The fourth-order valence-electron chi connectivity index (χ4n) is 3.09. The number of nitrogens with zero attached hydrogens (tertiary/aromatic N) is 2. The van der Waals surface area contributed by atoms with E-state index in [2.05, 4.69) is 32.8 Å². The van der Waals surface area contributed by atoms with Gasteiger partial charge in [-0.1, -0.05) is 12.1 Å². The molecule has 0 bridgehead atoms. The molecule has 1 aliphatic heterocycles. The summed E-state index contributed by atoms with van der Waals surface area (Å²) in [5.74, 6) is 1.05. The number of hydrogen-bond acceptors (Lipinski definition) is 5. The molecule has 1 aromatic carbocycles. The van der Waals surface area contributed by atoms with Crippen LogP contribution < -0.4 is 10.2 Å². The quantitative estimate of drug-likeness (QED) is 0.905. The van der Waals surface area contributed by atoms with Gasteiger partial charge in [-0.25, -0.2) is 4.79 Å². The molecule has 6 heteroatoms. The minimum Gasteiger partial charge on any atom is -0.444 e. The third-order valence-electron chi connectivity index (χ3n) is 4.14. The molecule has 1 unspecified atom stereocenters. The van der Waals surface area contributed by atoms with Crippen molar-refractivity contribution in [1.29, 1.82) is 0 Å². The number of amides is 1. The summed E-state index contributed by atoms with van der Waals surface area (Å²) in [7, 11) is 0. The van der Waals surface area contributed by atoms with E-state index in [0.29, 0.717) is 6.54 Å². The van der Waals surface area contributed by atoms with E-state index in [1.807, 2.05) is 26.8 Å². The summed E-state index contributed by atoms with van der Waals surface area (Å²) < 4.78 is 11.2. The largest absolute Gasteiger partial charge is 0.444 e. The molecule has 130 valence electrons. The molecule has 2 aromatic rings. The van der Waals surface area contributed by atoms with Crippen molar-refractivity contribution in [1.82, 2.24) is 9.69 Å². The van der Waals surface area contributed by atoms with E-state index in [9.17, 15) is 4.79 Å². The molecule has 2 heterocycles. The van der Waals surface area contributed by atoms with Gasteiger partial charge in [0.05, 0.1) is 4.70 Å². The van der Waals surface area contributed by atoms with E-state index in [1.54, 1.807) is 0 Å². The van der Waals surface area contributed by atoms with E-state index in [1.165, 1.54) is 28.0 Å². The van der Waals surface area contributed by atoms with Crippen LogP contribution in [0.3, 0.4) is 0 Å². The third-order valence-corrected chi connectivity index (χ3v) is 4.96. The van der Waals surface area contributed by atoms with Gasteiger partial charge in [0, 0.05) is 24.5 Å². The molecule has 1 N–H and O–H groups in total. The Morgan fingerprint density at radius 3 is 2.96 bits per heavy atom. The first-order chi connectivity index (χ1) is 11.4. The number of carbonyl (C=O) groups excluding carboxylic acids is 1. The third kappa shape index (κ3) is 3.98. The Labute approximate surface area is 147 Å². The topological polar surface area (TPSA) is 54.5 Å². The molecule has 1 aromatic heterocycles. The summed E-state index contributed by atoms with van der Waals surface area (Å²) in [5.41, 5.74) is -0.471. The van der Waals surface area contributed by atoms with Crippen LogP contribution in [0.2, 0.25) is 0 Å². The Kier molecular flexibility index (Phi) is 4.94. The van der Waals surface area contributed by atoms with E-state index in [-0.39, 0.29) is 12.1 Å². The van der Waals surface area contributed by atoms with E-state index >= 15 is 0 Å². The van der Waals surface area contributed by atoms with E-state index < -0.39 is 5.60 Å². The molecule has 1 atom stereocenters. The number of nitrogens with one attached hydrogen (secondary N) is 1. The highest BCUT2D eigenvalue weighted by molar-refractivity contribution is 7.13. The lowest BCUT2D eigenvalue weighted by atomic mass is 10.0. The molecular weight excluding hydrogens is 322 g/mol. The Morgan fingerprint density at radius 2 is 2.17 bits per heavy atom. The first-order valence-electron chi connectivity index (χ1n) is 8.52. The Hall–Kier alpha value is -1.82. The highest BCUT2D eigenvalue weighted by Gasteiger charge is 2.27. The van der Waals surface area contributed by atoms with Gasteiger partial charge in [0.1, 0.15) is 11.4 Å². The number of piperidine rings is 1. The molecule has 1 amide bonds. The normalized spacial score (nSPS) is 18.6. The number of benzene rings is 1. The summed E-state index contributed by atoms with van der Waals surface area (Å²) >= 11 is 1.54. The Balaban J connectivity index is 1.71. The lowest BCUT2D eigenvalue weighted by Crippen LogP contribution is -2.47. The van der Waals surface area contributed by atoms with E-state index in [0.717, 1.165) is 25.2 Å². The van der Waals surface area contributed by atoms with Gasteiger partial charge in [0.2, 0.25) is 0 Å². The summed E-state index contributed by atoms with van der Waals surface area (Å²) in [6.07, 6.45) is 3.05. The lowest BCUT2D eigenvalue weighted by Gasteiger charge is -2.36.